The number of hydrogen-bond acceptors (Lipinski definition) is 5. The molecule has 2 N–H and O–H groups in total. The highest BCUT2D eigenvalue weighted by molar-refractivity contribution is 5.58. The normalized spacial score (nSPS) is 23.1. The molecule has 0 spiro atoms. The minimum Gasteiger partial charge on any atom is -0.379 e. The van der Waals surface area contributed by atoms with E-state index in [9.17, 15) is 0 Å². The lowest BCUT2D eigenvalue weighted by molar-refractivity contribution is 0.185. The topological polar surface area (TPSA) is 59.1 Å². The Balaban J connectivity index is 2.23. The van der Waals surface area contributed by atoms with Gasteiger partial charge in [0, 0.05) is 18.7 Å². The summed E-state index contributed by atoms with van der Waals surface area (Å²) < 4.78 is 5.46. The molecule has 1 aromatic heterocycles. The quantitative estimate of drug-likeness (QED) is 0.837. The summed E-state index contributed by atoms with van der Waals surface area (Å²) in [5, 5.41) is 6.80. The SMILES string of the molecule is CCNc1ncnc(NC2(C)CCOC2)c1CC. The lowest BCUT2D eigenvalue weighted by Gasteiger charge is -2.26. The van der Waals surface area contributed by atoms with Crippen LogP contribution in [-0.4, -0.2) is 35.3 Å². The maximum atomic E-state index is 5.46. The van der Waals surface area contributed by atoms with Crippen LogP contribution in [0.3, 0.4) is 0 Å². The fourth-order valence-corrected chi connectivity index (χ4v) is 2.23. The van der Waals surface area contributed by atoms with Gasteiger partial charge >= 0.3 is 0 Å². The van der Waals surface area contributed by atoms with E-state index in [-0.39, 0.29) is 5.54 Å². The average molecular weight is 250 g/mol. The number of aromatic nitrogens is 2. The Morgan fingerprint density at radius 1 is 1.33 bits per heavy atom. The number of nitrogens with one attached hydrogen (secondary N) is 2. The van der Waals surface area contributed by atoms with E-state index in [0.29, 0.717) is 0 Å². The van der Waals surface area contributed by atoms with Crippen LogP contribution >= 0.6 is 0 Å². The Kier molecular flexibility index (Phi) is 4.01. The fourth-order valence-electron chi connectivity index (χ4n) is 2.23. The molecule has 0 aliphatic carbocycles. The summed E-state index contributed by atoms with van der Waals surface area (Å²) in [6.45, 7) is 8.78. The van der Waals surface area contributed by atoms with Gasteiger partial charge in [-0.3, -0.25) is 0 Å². The predicted molar refractivity (Wildman–Crippen MR) is 73.0 cm³/mol. The molecule has 1 aliphatic heterocycles. The molecule has 2 heterocycles. The van der Waals surface area contributed by atoms with Gasteiger partial charge in [0.15, 0.2) is 0 Å². The van der Waals surface area contributed by atoms with E-state index in [1.165, 1.54) is 0 Å². The van der Waals surface area contributed by atoms with E-state index < -0.39 is 0 Å². The summed E-state index contributed by atoms with van der Waals surface area (Å²) in [4.78, 5) is 8.69. The number of ether oxygens (including phenoxy) is 1. The highest BCUT2D eigenvalue weighted by Gasteiger charge is 2.30. The third-order valence-corrected chi connectivity index (χ3v) is 3.28. The molecule has 5 heteroatoms. The molecule has 1 aliphatic rings. The van der Waals surface area contributed by atoms with Crippen molar-refractivity contribution in [2.45, 2.75) is 39.2 Å². The Labute approximate surface area is 108 Å². The second-order valence-electron chi connectivity index (χ2n) is 4.92. The molecule has 0 amide bonds. The van der Waals surface area contributed by atoms with Crippen LogP contribution in [0.25, 0.3) is 0 Å². The van der Waals surface area contributed by atoms with Gasteiger partial charge < -0.3 is 15.4 Å². The molecule has 100 valence electrons. The van der Waals surface area contributed by atoms with Crippen LogP contribution < -0.4 is 10.6 Å². The molecule has 1 aromatic rings. The van der Waals surface area contributed by atoms with Crippen LogP contribution in [0.15, 0.2) is 6.33 Å². The summed E-state index contributed by atoms with van der Waals surface area (Å²) >= 11 is 0. The number of anilines is 2. The van der Waals surface area contributed by atoms with E-state index in [0.717, 1.165) is 49.8 Å². The summed E-state index contributed by atoms with van der Waals surface area (Å²) in [5.74, 6) is 1.86. The number of hydrogen-bond donors (Lipinski definition) is 2. The Morgan fingerprint density at radius 3 is 2.72 bits per heavy atom. The van der Waals surface area contributed by atoms with Gasteiger partial charge in [-0.25, -0.2) is 9.97 Å². The minimum absolute atomic E-state index is 0.0121. The highest BCUT2D eigenvalue weighted by Crippen LogP contribution is 2.27. The summed E-state index contributed by atoms with van der Waals surface area (Å²) in [6, 6.07) is 0. The van der Waals surface area contributed by atoms with Crippen LogP contribution in [0.4, 0.5) is 11.6 Å². The van der Waals surface area contributed by atoms with Crippen molar-refractivity contribution in [1.82, 2.24) is 9.97 Å². The summed E-state index contributed by atoms with van der Waals surface area (Å²) in [7, 11) is 0. The molecule has 0 bridgehead atoms. The number of nitrogens with zero attached hydrogens (tertiary/aromatic N) is 2. The third kappa shape index (κ3) is 2.72. The van der Waals surface area contributed by atoms with Crippen molar-refractivity contribution < 1.29 is 4.74 Å². The molecule has 5 nitrogen and oxygen atoms in total. The first-order valence-electron chi connectivity index (χ1n) is 6.62. The first kappa shape index (κ1) is 13.1. The maximum absolute atomic E-state index is 5.46. The van der Waals surface area contributed by atoms with Gasteiger partial charge in [0.05, 0.1) is 12.1 Å². The van der Waals surface area contributed by atoms with Crippen molar-refractivity contribution in [1.29, 1.82) is 0 Å². The molecule has 0 saturated carbocycles. The lowest BCUT2D eigenvalue weighted by atomic mass is 10.0. The molecule has 0 aromatic carbocycles. The zero-order valence-corrected chi connectivity index (χ0v) is 11.4. The zero-order valence-electron chi connectivity index (χ0n) is 11.4. The highest BCUT2D eigenvalue weighted by atomic mass is 16.5. The Hall–Kier alpha value is -1.36. The minimum atomic E-state index is -0.0121. The van der Waals surface area contributed by atoms with E-state index in [4.69, 9.17) is 4.74 Å². The van der Waals surface area contributed by atoms with E-state index in [1.54, 1.807) is 6.33 Å². The van der Waals surface area contributed by atoms with Gasteiger partial charge in [-0.05, 0) is 26.7 Å². The van der Waals surface area contributed by atoms with Gasteiger partial charge in [-0.15, -0.1) is 0 Å². The molecular weight excluding hydrogens is 228 g/mol. The van der Waals surface area contributed by atoms with Crippen molar-refractivity contribution in [3.05, 3.63) is 11.9 Å². The van der Waals surface area contributed by atoms with Crippen molar-refractivity contribution >= 4 is 11.6 Å². The predicted octanol–water partition coefficient (Wildman–Crippen LogP) is 2.06. The summed E-state index contributed by atoms with van der Waals surface area (Å²) in [5.41, 5.74) is 1.13. The van der Waals surface area contributed by atoms with E-state index in [1.807, 2.05) is 0 Å². The molecular formula is C13H22N4O. The molecule has 1 fully saturated rings. The maximum Gasteiger partial charge on any atom is 0.135 e. The molecule has 1 atom stereocenters. The van der Waals surface area contributed by atoms with Crippen LogP contribution in [0, 0.1) is 0 Å². The first-order valence-corrected chi connectivity index (χ1v) is 6.62. The van der Waals surface area contributed by atoms with Crippen molar-refractivity contribution in [3.63, 3.8) is 0 Å². The summed E-state index contributed by atoms with van der Waals surface area (Å²) in [6.07, 6.45) is 3.53. The van der Waals surface area contributed by atoms with Crippen LogP contribution in [0.1, 0.15) is 32.8 Å². The molecule has 1 unspecified atom stereocenters. The monoisotopic (exact) mass is 250 g/mol. The van der Waals surface area contributed by atoms with Crippen LogP contribution in [-0.2, 0) is 11.2 Å². The molecule has 18 heavy (non-hydrogen) atoms. The standard InChI is InChI=1S/C13H22N4O/c1-4-10-11(14-5-2)15-9-16-12(10)17-13(3)6-7-18-8-13/h9H,4-8H2,1-3H3,(H2,14,15,16,17). The second kappa shape index (κ2) is 5.52. The third-order valence-electron chi connectivity index (χ3n) is 3.28. The van der Waals surface area contributed by atoms with Crippen LogP contribution in [0.5, 0.6) is 0 Å². The Bertz CT molecular complexity index is 402. The van der Waals surface area contributed by atoms with E-state index in [2.05, 4.69) is 41.4 Å². The van der Waals surface area contributed by atoms with Crippen molar-refractivity contribution in [2.24, 2.45) is 0 Å². The fraction of sp³-hybridized carbons (Fsp3) is 0.692. The molecule has 2 rings (SSSR count). The van der Waals surface area contributed by atoms with Crippen molar-refractivity contribution in [3.8, 4) is 0 Å². The Morgan fingerprint density at radius 2 is 2.11 bits per heavy atom. The zero-order chi connectivity index (χ0) is 13.0. The number of rotatable bonds is 5. The van der Waals surface area contributed by atoms with Gasteiger partial charge in [-0.1, -0.05) is 6.92 Å². The van der Waals surface area contributed by atoms with Gasteiger partial charge in [0.25, 0.3) is 0 Å². The van der Waals surface area contributed by atoms with Gasteiger partial charge in [0.1, 0.15) is 18.0 Å². The van der Waals surface area contributed by atoms with Crippen LogP contribution in [0.2, 0.25) is 0 Å². The van der Waals surface area contributed by atoms with Gasteiger partial charge in [-0.2, -0.15) is 0 Å². The molecule has 0 radical (unpaired) electrons. The smallest absolute Gasteiger partial charge is 0.135 e. The average Bonchev–Trinajstić information content (AvgIpc) is 2.77. The van der Waals surface area contributed by atoms with Crippen molar-refractivity contribution in [2.75, 3.05) is 30.4 Å². The second-order valence-corrected chi connectivity index (χ2v) is 4.92. The van der Waals surface area contributed by atoms with Gasteiger partial charge in [0.2, 0.25) is 0 Å². The van der Waals surface area contributed by atoms with E-state index >= 15 is 0 Å². The largest absolute Gasteiger partial charge is 0.379 e. The first-order chi connectivity index (χ1) is 8.68. The molecule has 1 saturated heterocycles. The lowest BCUT2D eigenvalue weighted by Crippen LogP contribution is -2.36.